The van der Waals surface area contributed by atoms with Crippen LogP contribution in [0.2, 0.25) is 0 Å². The van der Waals surface area contributed by atoms with Gasteiger partial charge >= 0.3 is 12.1 Å². The molecule has 0 bridgehead atoms. The summed E-state index contributed by atoms with van der Waals surface area (Å²) in [5, 5.41) is 13.8. The van der Waals surface area contributed by atoms with Crippen molar-refractivity contribution >= 4 is 45.7 Å². The number of amides is 5. The maximum atomic E-state index is 14.4. The third-order valence-electron chi connectivity index (χ3n) is 10.4. The number of carboxylic acids is 1. The van der Waals surface area contributed by atoms with E-state index in [0.29, 0.717) is 43.2 Å². The fourth-order valence-electron chi connectivity index (χ4n) is 7.24. The molecule has 2 saturated carbocycles. The van der Waals surface area contributed by atoms with Crippen LogP contribution in [0.25, 0.3) is 0 Å². The van der Waals surface area contributed by atoms with E-state index in [4.69, 9.17) is 9.84 Å². The molecule has 1 aromatic carbocycles. The quantitative estimate of drug-likeness (QED) is 0.270. The van der Waals surface area contributed by atoms with Gasteiger partial charge in [-0.1, -0.05) is 37.1 Å². The molecule has 3 aliphatic heterocycles. The normalized spacial score (nSPS) is 27.6. The summed E-state index contributed by atoms with van der Waals surface area (Å²) in [5.74, 6) is -4.76. The molecule has 1 aromatic rings. The first-order chi connectivity index (χ1) is 24.8. The molecule has 5 aliphatic rings. The molecule has 5 amide bonds. The number of allylic oxidation sites excluding steroid dienone is 1. The number of aliphatic carboxylic acids is 1. The van der Waals surface area contributed by atoms with E-state index in [9.17, 15) is 41.6 Å². The number of nitrogens with zero attached hydrogens (tertiary/aromatic N) is 2. The average molecular weight is 746 g/mol. The minimum absolute atomic E-state index is 0.0214. The van der Waals surface area contributed by atoms with Crippen LogP contribution in [-0.4, -0.2) is 94.5 Å². The smallest absolute Gasteiger partial charge is 0.410 e. The molecule has 282 valence electrons. The second-order valence-corrected chi connectivity index (χ2v) is 16.3. The minimum atomic E-state index is -3.94. The summed E-state index contributed by atoms with van der Waals surface area (Å²) in [6, 6.07) is 2.22. The van der Waals surface area contributed by atoms with Gasteiger partial charge < -0.3 is 25.4 Å². The van der Waals surface area contributed by atoms with Crippen LogP contribution >= 0.6 is 0 Å². The van der Waals surface area contributed by atoms with Crippen LogP contribution in [0.4, 0.5) is 9.18 Å². The standard InChI is InChI=1S/C35H44FN5O10S/c36-26-10-6-8-21-18-40(20-25(21)26)34(48)51-23-16-28-31(45)38-35(33(47)39-52(49,50)24-14-15-24)17-22(35)9-4-2-1-3-5-11-27(32(46)41(28)19-23)37-29(42)12-7-13-30(43)44/h4,6,8-10,22-24,27-28H,1-3,5,7,11-20H2,(H,37,42)(H,38,45)(H,39,47)(H,43,44)/t22-,23-,27+,28+,35-/m1/s1. The fourth-order valence-corrected chi connectivity index (χ4v) is 8.61. The maximum absolute atomic E-state index is 14.4. The Morgan fingerprint density at radius 2 is 1.85 bits per heavy atom. The van der Waals surface area contributed by atoms with Crippen LogP contribution in [0.3, 0.4) is 0 Å². The highest BCUT2D eigenvalue weighted by atomic mass is 32.2. The topological polar surface area (TPSA) is 209 Å². The first-order valence-corrected chi connectivity index (χ1v) is 19.4. The number of carboxylic acid groups (broad SMARTS) is 1. The third kappa shape index (κ3) is 8.40. The monoisotopic (exact) mass is 745 g/mol. The Labute approximate surface area is 300 Å². The van der Waals surface area contributed by atoms with Crippen molar-refractivity contribution in [2.45, 2.75) is 119 Å². The van der Waals surface area contributed by atoms with Gasteiger partial charge in [-0.25, -0.2) is 17.6 Å². The van der Waals surface area contributed by atoms with E-state index in [2.05, 4.69) is 15.4 Å². The Morgan fingerprint density at radius 3 is 2.58 bits per heavy atom. The van der Waals surface area contributed by atoms with Crippen LogP contribution in [0.15, 0.2) is 30.4 Å². The second kappa shape index (κ2) is 15.2. The summed E-state index contributed by atoms with van der Waals surface area (Å²) in [4.78, 5) is 81.7. The van der Waals surface area contributed by atoms with Gasteiger partial charge in [0.2, 0.25) is 27.7 Å². The zero-order valence-corrected chi connectivity index (χ0v) is 29.5. The molecule has 52 heavy (non-hydrogen) atoms. The van der Waals surface area contributed by atoms with E-state index in [0.717, 1.165) is 6.42 Å². The van der Waals surface area contributed by atoms with Gasteiger partial charge in [-0.3, -0.25) is 33.6 Å². The number of rotatable bonds is 9. The van der Waals surface area contributed by atoms with Crippen molar-refractivity contribution in [1.82, 2.24) is 25.2 Å². The van der Waals surface area contributed by atoms with Gasteiger partial charge in [0.15, 0.2) is 0 Å². The molecule has 1 saturated heterocycles. The molecule has 5 atom stereocenters. The zero-order valence-electron chi connectivity index (χ0n) is 28.7. The number of carbonyl (C=O) groups excluding carboxylic acids is 5. The minimum Gasteiger partial charge on any atom is -0.481 e. The number of hydrogen-bond donors (Lipinski definition) is 4. The van der Waals surface area contributed by atoms with Gasteiger partial charge in [0.25, 0.3) is 5.91 Å². The summed E-state index contributed by atoms with van der Waals surface area (Å²) in [6.07, 6.45) is 5.31. The van der Waals surface area contributed by atoms with E-state index in [1.807, 2.05) is 6.08 Å². The Bertz CT molecular complexity index is 1770. The number of ether oxygens (including phenoxy) is 1. The lowest BCUT2D eigenvalue weighted by atomic mass is 10.0. The number of benzene rings is 1. The van der Waals surface area contributed by atoms with Gasteiger partial charge in [0, 0.05) is 37.3 Å². The number of sulfonamides is 1. The molecular weight excluding hydrogens is 701 g/mol. The van der Waals surface area contributed by atoms with Crippen LogP contribution in [0.5, 0.6) is 0 Å². The summed E-state index contributed by atoms with van der Waals surface area (Å²) < 4.78 is 47.8. The first kappa shape index (κ1) is 37.2. The highest BCUT2D eigenvalue weighted by Gasteiger charge is 2.62. The molecule has 3 heterocycles. The third-order valence-corrected chi connectivity index (χ3v) is 12.2. The number of nitrogens with one attached hydrogen (secondary N) is 3. The van der Waals surface area contributed by atoms with Crippen LogP contribution in [0, 0.1) is 11.7 Å². The van der Waals surface area contributed by atoms with Crippen molar-refractivity contribution in [3.8, 4) is 0 Å². The van der Waals surface area contributed by atoms with Crippen LogP contribution < -0.4 is 15.4 Å². The van der Waals surface area contributed by atoms with Gasteiger partial charge in [-0.2, -0.15) is 0 Å². The lowest BCUT2D eigenvalue weighted by molar-refractivity contribution is -0.142. The molecule has 3 fully saturated rings. The van der Waals surface area contributed by atoms with Gasteiger partial charge in [-0.05, 0) is 56.6 Å². The number of carbonyl (C=O) groups is 6. The Kier molecular flexibility index (Phi) is 10.9. The summed E-state index contributed by atoms with van der Waals surface area (Å²) in [5.41, 5.74) is -0.578. The number of halogens is 1. The molecule has 6 rings (SSSR count). The number of fused-ring (bicyclic) bond motifs is 3. The van der Waals surface area contributed by atoms with E-state index in [1.54, 1.807) is 18.2 Å². The first-order valence-electron chi connectivity index (χ1n) is 17.9. The van der Waals surface area contributed by atoms with E-state index in [-0.39, 0.29) is 58.2 Å². The molecule has 0 unspecified atom stereocenters. The number of hydrogen-bond acceptors (Lipinski definition) is 9. The molecule has 0 aromatic heterocycles. The molecular formula is C35H44FN5O10S. The fraction of sp³-hybridized carbons (Fsp3) is 0.600. The van der Waals surface area contributed by atoms with Crippen molar-refractivity contribution < 1.29 is 51.4 Å². The van der Waals surface area contributed by atoms with Crippen molar-refractivity contribution in [3.05, 3.63) is 47.3 Å². The highest BCUT2D eigenvalue weighted by molar-refractivity contribution is 7.91. The molecule has 0 radical (unpaired) electrons. The Morgan fingerprint density at radius 1 is 1.06 bits per heavy atom. The molecule has 17 heteroatoms. The van der Waals surface area contributed by atoms with Crippen molar-refractivity contribution in [1.29, 1.82) is 0 Å². The van der Waals surface area contributed by atoms with Gasteiger partial charge in [-0.15, -0.1) is 0 Å². The summed E-state index contributed by atoms with van der Waals surface area (Å²) in [7, 11) is -3.94. The van der Waals surface area contributed by atoms with Crippen LogP contribution in [0.1, 0.15) is 88.2 Å². The second-order valence-electron chi connectivity index (χ2n) is 14.4. The van der Waals surface area contributed by atoms with Gasteiger partial charge in [0.05, 0.1) is 18.3 Å². The average Bonchev–Trinajstić information content (AvgIpc) is 3.97. The predicted octanol–water partition coefficient (Wildman–Crippen LogP) is 1.99. The predicted molar refractivity (Wildman–Crippen MR) is 181 cm³/mol. The molecule has 15 nitrogen and oxygen atoms in total. The molecule has 2 aliphatic carbocycles. The largest absolute Gasteiger partial charge is 0.481 e. The van der Waals surface area contributed by atoms with Crippen LogP contribution in [-0.2, 0) is 51.8 Å². The zero-order chi connectivity index (χ0) is 37.2. The van der Waals surface area contributed by atoms with E-state index >= 15 is 0 Å². The van der Waals surface area contributed by atoms with Crippen molar-refractivity contribution in [3.63, 3.8) is 0 Å². The highest BCUT2D eigenvalue weighted by Crippen LogP contribution is 2.46. The van der Waals surface area contributed by atoms with Crippen molar-refractivity contribution in [2.75, 3.05) is 6.54 Å². The SMILES string of the molecule is O=C(O)CCCC(=O)N[C@H]1CCCCCC=C[C@@H]2C[C@@]2(C(=O)NS(=O)(=O)C2CC2)NC(=O)[C@@H]2C[C@@H](OC(=O)N3Cc4cccc(F)c4C3)CN2C1=O. The van der Waals surface area contributed by atoms with E-state index in [1.165, 1.54) is 15.9 Å². The van der Waals surface area contributed by atoms with Gasteiger partial charge in [0.1, 0.15) is 29.5 Å². The summed E-state index contributed by atoms with van der Waals surface area (Å²) in [6.45, 7) is -0.133. The maximum Gasteiger partial charge on any atom is 0.410 e. The van der Waals surface area contributed by atoms with E-state index < -0.39 is 86.4 Å². The lowest BCUT2D eigenvalue weighted by Gasteiger charge is -2.30. The molecule has 4 N–H and O–H groups in total. The van der Waals surface area contributed by atoms with Crippen molar-refractivity contribution in [2.24, 2.45) is 5.92 Å². The lowest BCUT2D eigenvalue weighted by Crippen LogP contribution is -2.58. The Balaban J connectivity index is 1.23. The Hall–Kier alpha value is -4.54. The molecule has 0 spiro atoms. The summed E-state index contributed by atoms with van der Waals surface area (Å²) >= 11 is 0.